The number of benzene rings is 2. The molecule has 2 aromatic carbocycles. The van der Waals surface area contributed by atoms with Gasteiger partial charge in [-0.25, -0.2) is 0 Å². The number of methoxy groups -OCH3 is 1. The summed E-state index contributed by atoms with van der Waals surface area (Å²) < 4.78 is 4.98. The van der Waals surface area contributed by atoms with Crippen molar-refractivity contribution >= 4 is 23.3 Å². The Morgan fingerprint density at radius 2 is 1.95 bits per heavy atom. The number of nitriles is 1. The lowest BCUT2D eigenvalue weighted by atomic mass is 10.0. The summed E-state index contributed by atoms with van der Waals surface area (Å²) in [4.78, 5) is 0. The highest BCUT2D eigenvalue weighted by molar-refractivity contribution is 6.30. The van der Waals surface area contributed by atoms with Crippen molar-refractivity contribution in [1.29, 1.82) is 5.26 Å². The van der Waals surface area contributed by atoms with E-state index >= 15 is 0 Å². The highest BCUT2D eigenvalue weighted by Gasteiger charge is 2.04. The van der Waals surface area contributed by atoms with Crippen LogP contribution in [0.15, 0.2) is 42.5 Å². The van der Waals surface area contributed by atoms with E-state index in [1.54, 1.807) is 48.5 Å². The Bertz CT molecular complexity index is 685. The number of hydrogen-bond donors (Lipinski definition) is 1. The molecule has 0 unspecified atom stereocenters. The zero-order chi connectivity index (χ0) is 14.5. The van der Waals surface area contributed by atoms with Gasteiger partial charge in [0, 0.05) is 5.02 Å². The van der Waals surface area contributed by atoms with E-state index in [-0.39, 0.29) is 5.75 Å². The fourth-order valence-corrected chi connectivity index (χ4v) is 1.90. The van der Waals surface area contributed by atoms with Crippen LogP contribution in [-0.4, -0.2) is 12.2 Å². The third-order valence-corrected chi connectivity index (χ3v) is 3.04. The Balaban J connectivity index is 2.39. The van der Waals surface area contributed by atoms with Crippen LogP contribution < -0.4 is 4.74 Å². The van der Waals surface area contributed by atoms with Crippen molar-refractivity contribution in [3.63, 3.8) is 0 Å². The maximum absolute atomic E-state index is 9.73. The van der Waals surface area contributed by atoms with Crippen molar-refractivity contribution in [2.24, 2.45) is 0 Å². The Morgan fingerprint density at radius 1 is 1.25 bits per heavy atom. The molecule has 0 aliphatic rings. The number of phenols is 1. The Kier molecular flexibility index (Phi) is 4.29. The van der Waals surface area contributed by atoms with Crippen LogP contribution >= 0.6 is 11.6 Å². The molecule has 0 bridgehead atoms. The number of allylic oxidation sites excluding steroid dienone is 1. The van der Waals surface area contributed by atoms with Crippen LogP contribution in [-0.2, 0) is 0 Å². The fraction of sp³-hybridized carbons (Fsp3) is 0.0625. The molecule has 0 heterocycles. The first-order valence-corrected chi connectivity index (χ1v) is 6.26. The van der Waals surface area contributed by atoms with E-state index in [9.17, 15) is 10.4 Å². The van der Waals surface area contributed by atoms with Crippen LogP contribution in [0.2, 0.25) is 5.02 Å². The molecule has 0 saturated carbocycles. The summed E-state index contributed by atoms with van der Waals surface area (Å²) in [5, 5.41) is 19.6. The highest BCUT2D eigenvalue weighted by atomic mass is 35.5. The molecule has 0 fully saturated rings. The molecule has 3 nitrogen and oxygen atoms in total. The first kappa shape index (κ1) is 14.0. The Hall–Kier alpha value is -2.44. The minimum absolute atomic E-state index is 0.0367. The van der Waals surface area contributed by atoms with Crippen molar-refractivity contribution < 1.29 is 9.84 Å². The predicted octanol–water partition coefficient (Wildman–Crippen LogP) is 4.12. The maximum atomic E-state index is 9.73. The van der Waals surface area contributed by atoms with Crippen LogP contribution in [0.5, 0.6) is 11.5 Å². The third-order valence-electron chi connectivity index (χ3n) is 2.79. The van der Waals surface area contributed by atoms with Gasteiger partial charge in [-0.1, -0.05) is 29.8 Å². The smallest absolute Gasteiger partial charge is 0.160 e. The van der Waals surface area contributed by atoms with E-state index in [1.165, 1.54) is 7.11 Å². The number of halogens is 1. The van der Waals surface area contributed by atoms with Crippen LogP contribution in [0.4, 0.5) is 0 Å². The molecular formula is C16H12ClNO2. The van der Waals surface area contributed by atoms with Gasteiger partial charge in [0.1, 0.15) is 0 Å². The average molecular weight is 286 g/mol. The summed E-state index contributed by atoms with van der Waals surface area (Å²) in [6.45, 7) is 0. The molecule has 4 heteroatoms. The Labute approximate surface area is 122 Å². The van der Waals surface area contributed by atoms with Gasteiger partial charge in [0.05, 0.1) is 18.8 Å². The lowest BCUT2D eigenvalue weighted by Crippen LogP contribution is -1.85. The van der Waals surface area contributed by atoms with Gasteiger partial charge < -0.3 is 9.84 Å². The summed E-state index contributed by atoms with van der Waals surface area (Å²) >= 11 is 5.82. The first-order chi connectivity index (χ1) is 9.63. The molecule has 0 aliphatic heterocycles. The second-order valence-electron chi connectivity index (χ2n) is 4.11. The third kappa shape index (κ3) is 3.11. The Morgan fingerprint density at radius 3 is 2.50 bits per heavy atom. The van der Waals surface area contributed by atoms with Gasteiger partial charge in [-0.05, 0) is 41.5 Å². The van der Waals surface area contributed by atoms with Gasteiger partial charge in [0.25, 0.3) is 0 Å². The quantitative estimate of drug-likeness (QED) is 0.682. The molecule has 0 spiro atoms. The van der Waals surface area contributed by atoms with Crippen LogP contribution in [0.1, 0.15) is 11.1 Å². The molecular weight excluding hydrogens is 274 g/mol. The van der Waals surface area contributed by atoms with Gasteiger partial charge in [-0.2, -0.15) is 5.26 Å². The number of aromatic hydroxyl groups is 1. The van der Waals surface area contributed by atoms with Crippen molar-refractivity contribution in [2.75, 3.05) is 7.11 Å². The number of phenolic OH excluding ortho intramolecular Hbond substituents is 1. The van der Waals surface area contributed by atoms with Gasteiger partial charge in [-0.15, -0.1) is 0 Å². The standard InChI is InChI=1S/C16H12ClNO2/c1-20-16-7-2-11(9-15(16)19)8-13(10-18)12-3-5-14(17)6-4-12/h2-9,19H,1H3/b13-8-. The van der Waals surface area contributed by atoms with E-state index in [0.717, 1.165) is 11.1 Å². The van der Waals surface area contributed by atoms with E-state index < -0.39 is 0 Å². The molecule has 1 N–H and O–H groups in total. The van der Waals surface area contributed by atoms with E-state index in [2.05, 4.69) is 6.07 Å². The van der Waals surface area contributed by atoms with Gasteiger partial charge in [0.2, 0.25) is 0 Å². The monoisotopic (exact) mass is 285 g/mol. The second kappa shape index (κ2) is 6.14. The zero-order valence-corrected chi connectivity index (χ0v) is 11.6. The van der Waals surface area contributed by atoms with Crippen LogP contribution in [0, 0.1) is 11.3 Å². The molecule has 100 valence electrons. The summed E-state index contributed by atoms with van der Waals surface area (Å²) in [5.74, 6) is 0.432. The lowest BCUT2D eigenvalue weighted by molar-refractivity contribution is 0.373. The number of rotatable bonds is 3. The molecule has 20 heavy (non-hydrogen) atoms. The molecule has 0 amide bonds. The molecule has 2 rings (SSSR count). The molecule has 0 saturated heterocycles. The van der Waals surface area contributed by atoms with Crippen LogP contribution in [0.3, 0.4) is 0 Å². The van der Waals surface area contributed by atoms with E-state index in [4.69, 9.17) is 16.3 Å². The summed E-state index contributed by atoms with van der Waals surface area (Å²) in [7, 11) is 1.49. The number of ether oxygens (including phenoxy) is 1. The summed E-state index contributed by atoms with van der Waals surface area (Å²) in [5.41, 5.74) is 1.98. The minimum atomic E-state index is 0.0367. The lowest BCUT2D eigenvalue weighted by Gasteiger charge is -2.04. The van der Waals surface area contributed by atoms with Crippen molar-refractivity contribution in [1.82, 2.24) is 0 Å². The van der Waals surface area contributed by atoms with Gasteiger partial charge in [-0.3, -0.25) is 0 Å². The number of hydrogen-bond acceptors (Lipinski definition) is 3. The average Bonchev–Trinajstić information content (AvgIpc) is 2.46. The normalized spacial score (nSPS) is 10.9. The highest BCUT2D eigenvalue weighted by Crippen LogP contribution is 2.28. The molecule has 0 aromatic heterocycles. The topological polar surface area (TPSA) is 53.2 Å². The van der Waals surface area contributed by atoms with Gasteiger partial charge in [0.15, 0.2) is 11.5 Å². The summed E-state index contributed by atoms with van der Waals surface area (Å²) in [6.07, 6.45) is 1.70. The van der Waals surface area contributed by atoms with Crippen molar-refractivity contribution in [2.45, 2.75) is 0 Å². The van der Waals surface area contributed by atoms with E-state index in [0.29, 0.717) is 16.3 Å². The van der Waals surface area contributed by atoms with Crippen LogP contribution in [0.25, 0.3) is 11.6 Å². The molecule has 2 aromatic rings. The van der Waals surface area contributed by atoms with Crippen molar-refractivity contribution in [3.05, 3.63) is 58.6 Å². The molecule has 0 radical (unpaired) electrons. The fourth-order valence-electron chi connectivity index (χ4n) is 1.77. The minimum Gasteiger partial charge on any atom is -0.504 e. The zero-order valence-electron chi connectivity index (χ0n) is 10.8. The predicted molar refractivity (Wildman–Crippen MR) is 79.6 cm³/mol. The van der Waals surface area contributed by atoms with Gasteiger partial charge >= 0.3 is 0 Å². The molecule has 0 atom stereocenters. The van der Waals surface area contributed by atoms with E-state index in [1.807, 2.05) is 0 Å². The first-order valence-electron chi connectivity index (χ1n) is 5.89. The number of nitrogens with zero attached hydrogens (tertiary/aromatic N) is 1. The largest absolute Gasteiger partial charge is 0.504 e. The summed E-state index contributed by atoms with van der Waals surface area (Å²) in [6, 6.07) is 14.1. The second-order valence-corrected chi connectivity index (χ2v) is 4.54. The maximum Gasteiger partial charge on any atom is 0.160 e. The SMILES string of the molecule is COc1ccc(/C=C(/C#N)c2ccc(Cl)cc2)cc1O. The molecule has 0 aliphatic carbocycles. The van der Waals surface area contributed by atoms with Crippen molar-refractivity contribution in [3.8, 4) is 17.6 Å².